The Hall–Kier alpha value is -1.71. The van der Waals surface area contributed by atoms with Gasteiger partial charge in [0.1, 0.15) is 0 Å². The van der Waals surface area contributed by atoms with Crippen LogP contribution in [0.15, 0.2) is 30.8 Å². The summed E-state index contributed by atoms with van der Waals surface area (Å²) in [6.07, 6.45) is 2.11. The van der Waals surface area contributed by atoms with Crippen molar-refractivity contribution in [2.24, 2.45) is 0 Å². The maximum atomic E-state index is 13.3. The molecule has 0 unspecified atom stereocenters. The van der Waals surface area contributed by atoms with E-state index in [1.807, 2.05) is 24.3 Å². The van der Waals surface area contributed by atoms with Gasteiger partial charge in [-0.2, -0.15) is 0 Å². The molecule has 1 aliphatic rings. The third-order valence-electron chi connectivity index (χ3n) is 3.29. The van der Waals surface area contributed by atoms with E-state index >= 15 is 0 Å². The molecule has 1 aromatic rings. The average Bonchev–Trinajstić information content (AvgIpc) is 2.37. The highest BCUT2D eigenvalue weighted by atomic mass is 19.3. The standard InChI is InChI=1S/C15H17F2NO/c1-2-12-5-3-6-13(9-12)10-14(19)18-8-4-7-15(16,17)11-18/h2-3,5-6,9H,1,4,7-8,10-11H2. The lowest BCUT2D eigenvalue weighted by Gasteiger charge is -2.32. The normalized spacial score (nSPS) is 18.1. The van der Waals surface area contributed by atoms with Crippen LogP contribution in [0, 0.1) is 0 Å². The van der Waals surface area contributed by atoms with Gasteiger partial charge >= 0.3 is 0 Å². The van der Waals surface area contributed by atoms with E-state index in [0.717, 1.165) is 11.1 Å². The molecule has 1 aromatic carbocycles. The van der Waals surface area contributed by atoms with Gasteiger partial charge in [-0.05, 0) is 17.5 Å². The lowest BCUT2D eigenvalue weighted by molar-refractivity contribution is -0.140. The second kappa shape index (κ2) is 5.51. The Morgan fingerprint density at radius 1 is 1.47 bits per heavy atom. The molecular formula is C15H17F2NO. The van der Waals surface area contributed by atoms with E-state index in [-0.39, 0.29) is 18.7 Å². The number of carbonyl (C=O) groups excluding carboxylic acids is 1. The SMILES string of the molecule is C=Cc1cccc(CC(=O)N2CCCC(F)(F)C2)c1. The van der Waals surface area contributed by atoms with Gasteiger partial charge < -0.3 is 4.90 Å². The van der Waals surface area contributed by atoms with Crippen molar-refractivity contribution >= 4 is 12.0 Å². The first-order valence-electron chi connectivity index (χ1n) is 6.37. The van der Waals surface area contributed by atoms with E-state index in [0.29, 0.717) is 13.0 Å². The number of alkyl halides is 2. The number of nitrogens with zero attached hydrogens (tertiary/aromatic N) is 1. The number of amides is 1. The van der Waals surface area contributed by atoms with E-state index in [1.54, 1.807) is 6.08 Å². The number of likely N-dealkylation sites (tertiary alicyclic amines) is 1. The van der Waals surface area contributed by atoms with Gasteiger partial charge in [-0.1, -0.05) is 36.9 Å². The van der Waals surface area contributed by atoms with Crippen molar-refractivity contribution in [3.8, 4) is 0 Å². The first kappa shape index (κ1) is 13.7. The molecule has 0 spiro atoms. The van der Waals surface area contributed by atoms with Crippen molar-refractivity contribution in [2.75, 3.05) is 13.1 Å². The molecule has 0 radical (unpaired) electrons. The molecule has 0 aliphatic carbocycles. The summed E-state index contributed by atoms with van der Waals surface area (Å²) in [6, 6.07) is 7.40. The molecule has 1 saturated heterocycles. The van der Waals surface area contributed by atoms with Gasteiger partial charge in [-0.3, -0.25) is 4.79 Å². The van der Waals surface area contributed by atoms with Crippen molar-refractivity contribution in [1.29, 1.82) is 0 Å². The highest BCUT2D eigenvalue weighted by Gasteiger charge is 2.36. The second-order valence-corrected chi connectivity index (χ2v) is 4.90. The van der Waals surface area contributed by atoms with Gasteiger partial charge in [0.05, 0.1) is 13.0 Å². The molecule has 1 amide bonds. The van der Waals surface area contributed by atoms with Crippen LogP contribution in [-0.2, 0) is 11.2 Å². The smallest absolute Gasteiger partial charge is 0.265 e. The molecule has 2 rings (SSSR count). The first-order valence-corrected chi connectivity index (χ1v) is 6.37. The lowest BCUT2D eigenvalue weighted by Crippen LogP contribution is -2.46. The maximum Gasteiger partial charge on any atom is 0.265 e. The molecule has 0 atom stereocenters. The molecule has 0 aromatic heterocycles. The van der Waals surface area contributed by atoms with Gasteiger partial charge in [0.15, 0.2) is 0 Å². The van der Waals surface area contributed by atoms with Gasteiger partial charge in [0.2, 0.25) is 5.91 Å². The number of hydrogen-bond acceptors (Lipinski definition) is 1. The first-order chi connectivity index (χ1) is 9.00. The second-order valence-electron chi connectivity index (χ2n) is 4.90. The Morgan fingerprint density at radius 2 is 2.26 bits per heavy atom. The number of piperidine rings is 1. The number of hydrogen-bond donors (Lipinski definition) is 0. The average molecular weight is 265 g/mol. The van der Waals surface area contributed by atoms with Gasteiger partial charge in [0.25, 0.3) is 5.92 Å². The Labute approximate surface area is 111 Å². The van der Waals surface area contributed by atoms with Crippen LogP contribution in [0.25, 0.3) is 6.08 Å². The van der Waals surface area contributed by atoms with E-state index in [9.17, 15) is 13.6 Å². The van der Waals surface area contributed by atoms with Crippen molar-refractivity contribution < 1.29 is 13.6 Å². The maximum absolute atomic E-state index is 13.3. The van der Waals surface area contributed by atoms with E-state index in [2.05, 4.69) is 6.58 Å². The fourth-order valence-corrected chi connectivity index (χ4v) is 2.30. The van der Waals surface area contributed by atoms with Crippen LogP contribution >= 0.6 is 0 Å². The van der Waals surface area contributed by atoms with Crippen LogP contribution in [0.1, 0.15) is 24.0 Å². The van der Waals surface area contributed by atoms with E-state index < -0.39 is 12.5 Å². The van der Waals surface area contributed by atoms with E-state index in [4.69, 9.17) is 0 Å². The Balaban J connectivity index is 2.02. The number of rotatable bonds is 3. The molecule has 1 heterocycles. The van der Waals surface area contributed by atoms with Gasteiger partial charge in [-0.15, -0.1) is 0 Å². The third-order valence-corrected chi connectivity index (χ3v) is 3.29. The van der Waals surface area contributed by atoms with Crippen LogP contribution in [0.3, 0.4) is 0 Å². The molecule has 0 bridgehead atoms. The van der Waals surface area contributed by atoms with Crippen LogP contribution in [0.5, 0.6) is 0 Å². The van der Waals surface area contributed by atoms with Crippen LogP contribution in [0.2, 0.25) is 0 Å². The summed E-state index contributed by atoms with van der Waals surface area (Å²) in [5.74, 6) is -2.97. The van der Waals surface area contributed by atoms with E-state index in [1.165, 1.54) is 4.90 Å². The molecule has 4 heteroatoms. The third kappa shape index (κ3) is 3.63. The fourth-order valence-electron chi connectivity index (χ4n) is 2.30. The zero-order valence-corrected chi connectivity index (χ0v) is 10.7. The molecule has 19 heavy (non-hydrogen) atoms. The largest absolute Gasteiger partial charge is 0.336 e. The highest BCUT2D eigenvalue weighted by molar-refractivity contribution is 5.79. The minimum Gasteiger partial charge on any atom is -0.336 e. The lowest BCUT2D eigenvalue weighted by atomic mass is 10.0. The van der Waals surface area contributed by atoms with Crippen molar-refractivity contribution in [1.82, 2.24) is 4.90 Å². The predicted molar refractivity (Wildman–Crippen MR) is 71.0 cm³/mol. The zero-order chi connectivity index (χ0) is 13.9. The highest BCUT2D eigenvalue weighted by Crippen LogP contribution is 2.26. The molecule has 1 aliphatic heterocycles. The minimum atomic E-state index is -2.74. The van der Waals surface area contributed by atoms with Gasteiger partial charge in [0, 0.05) is 13.0 Å². The number of benzene rings is 1. The quantitative estimate of drug-likeness (QED) is 0.822. The van der Waals surface area contributed by atoms with Crippen molar-refractivity contribution in [3.05, 3.63) is 42.0 Å². The topological polar surface area (TPSA) is 20.3 Å². The molecular weight excluding hydrogens is 248 g/mol. The van der Waals surface area contributed by atoms with Crippen LogP contribution in [0.4, 0.5) is 8.78 Å². The molecule has 0 saturated carbocycles. The molecule has 2 nitrogen and oxygen atoms in total. The van der Waals surface area contributed by atoms with Crippen molar-refractivity contribution in [3.63, 3.8) is 0 Å². The summed E-state index contributed by atoms with van der Waals surface area (Å²) in [5.41, 5.74) is 1.76. The summed E-state index contributed by atoms with van der Waals surface area (Å²) >= 11 is 0. The van der Waals surface area contributed by atoms with Gasteiger partial charge in [-0.25, -0.2) is 8.78 Å². The zero-order valence-electron chi connectivity index (χ0n) is 10.7. The Morgan fingerprint density at radius 3 is 2.95 bits per heavy atom. The summed E-state index contributed by atoms with van der Waals surface area (Å²) < 4.78 is 26.5. The Kier molecular flexibility index (Phi) is 3.98. The van der Waals surface area contributed by atoms with Crippen molar-refractivity contribution in [2.45, 2.75) is 25.2 Å². The summed E-state index contributed by atoms with van der Waals surface area (Å²) in [6.45, 7) is 3.64. The number of carbonyl (C=O) groups is 1. The summed E-state index contributed by atoms with van der Waals surface area (Å²) in [5, 5.41) is 0. The Bertz CT molecular complexity index is 485. The molecule has 1 fully saturated rings. The molecule has 102 valence electrons. The molecule has 0 N–H and O–H groups in total. The summed E-state index contributed by atoms with van der Waals surface area (Å²) in [4.78, 5) is 13.3. The van der Waals surface area contributed by atoms with Crippen LogP contribution < -0.4 is 0 Å². The van der Waals surface area contributed by atoms with Crippen LogP contribution in [-0.4, -0.2) is 29.8 Å². The fraction of sp³-hybridized carbons (Fsp3) is 0.400. The monoisotopic (exact) mass is 265 g/mol. The predicted octanol–water partition coefficient (Wildman–Crippen LogP) is 3.13. The number of halogens is 2. The summed E-state index contributed by atoms with van der Waals surface area (Å²) in [7, 11) is 0. The minimum absolute atomic E-state index is 0.122.